The molecule has 1 aliphatic heterocycles. The number of methoxy groups -OCH3 is 1. The maximum absolute atomic E-state index is 12.7. The Bertz CT molecular complexity index is 652. The molecule has 1 heterocycles. The number of carbonyl (C=O) groups is 2. The Morgan fingerprint density at radius 3 is 2.62 bits per heavy atom. The Kier molecular flexibility index (Phi) is 3.94. The van der Waals surface area contributed by atoms with Gasteiger partial charge in [0, 0.05) is 31.0 Å². The molecule has 3 fully saturated rings. The molecule has 2 atom stereocenters. The number of ether oxygens (including phenoxy) is 1. The molecule has 1 aromatic rings. The topological polar surface area (TPSA) is 58.6 Å². The summed E-state index contributed by atoms with van der Waals surface area (Å²) in [5.41, 5.74) is 1.08. The van der Waals surface area contributed by atoms with Crippen LogP contribution in [0.5, 0.6) is 5.75 Å². The van der Waals surface area contributed by atoms with Crippen molar-refractivity contribution in [2.75, 3.05) is 20.2 Å². The number of hydrogen-bond acceptors (Lipinski definition) is 3. The van der Waals surface area contributed by atoms with Crippen LogP contribution in [0.15, 0.2) is 24.3 Å². The number of benzene rings is 1. The highest BCUT2D eigenvalue weighted by molar-refractivity contribution is 5.85. The van der Waals surface area contributed by atoms with E-state index in [0.717, 1.165) is 37.0 Å². The van der Waals surface area contributed by atoms with Gasteiger partial charge in [-0.25, -0.2) is 0 Å². The molecule has 5 nitrogen and oxygen atoms in total. The van der Waals surface area contributed by atoms with Crippen molar-refractivity contribution in [2.45, 2.75) is 37.6 Å². The molecule has 3 aliphatic rings. The van der Waals surface area contributed by atoms with Crippen molar-refractivity contribution in [3.8, 4) is 5.75 Å². The van der Waals surface area contributed by atoms with Gasteiger partial charge in [-0.15, -0.1) is 0 Å². The van der Waals surface area contributed by atoms with Gasteiger partial charge in [0.25, 0.3) is 0 Å². The lowest BCUT2D eigenvalue weighted by Crippen LogP contribution is -2.36. The average Bonchev–Trinajstić information content (AvgIpc) is 3.53. The minimum Gasteiger partial charge on any atom is -0.497 e. The molecule has 0 radical (unpaired) electrons. The summed E-state index contributed by atoms with van der Waals surface area (Å²) in [5, 5.41) is 3.12. The second-order valence-electron chi connectivity index (χ2n) is 7.29. The van der Waals surface area contributed by atoms with E-state index in [4.69, 9.17) is 4.74 Å². The smallest absolute Gasteiger partial charge is 0.225 e. The van der Waals surface area contributed by atoms with Crippen LogP contribution in [-0.4, -0.2) is 43.0 Å². The molecule has 0 spiro atoms. The van der Waals surface area contributed by atoms with Gasteiger partial charge in [0.2, 0.25) is 11.8 Å². The van der Waals surface area contributed by atoms with Gasteiger partial charge in [0.05, 0.1) is 13.0 Å². The van der Waals surface area contributed by atoms with Crippen molar-refractivity contribution in [1.29, 1.82) is 0 Å². The number of carbonyl (C=O) groups excluding carboxylic acids is 2. The summed E-state index contributed by atoms with van der Waals surface area (Å²) < 4.78 is 5.33. The second-order valence-corrected chi connectivity index (χ2v) is 7.29. The lowest BCUT2D eigenvalue weighted by molar-refractivity contribution is -0.132. The predicted molar refractivity (Wildman–Crippen MR) is 89.7 cm³/mol. The predicted octanol–water partition coefficient (Wildman–Crippen LogP) is 1.93. The molecule has 4 rings (SSSR count). The fraction of sp³-hybridized carbons (Fsp3) is 0.579. The Labute approximate surface area is 142 Å². The lowest BCUT2D eigenvalue weighted by Gasteiger charge is -2.18. The first kappa shape index (κ1) is 15.5. The summed E-state index contributed by atoms with van der Waals surface area (Å²) in [4.78, 5) is 27.1. The monoisotopic (exact) mass is 328 g/mol. The molecule has 1 saturated heterocycles. The number of nitrogens with zero attached hydrogens (tertiary/aromatic N) is 1. The summed E-state index contributed by atoms with van der Waals surface area (Å²) in [5.74, 6) is 1.19. The molecule has 128 valence electrons. The molecule has 0 bridgehead atoms. The number of likely N-dealkylation sites (tertiary alicyclic amines) is 1. The fourth-order valence-electron chi connectivity index (χ4n) is 3.58. The number of amides is 2. The van der Waals surface area contributed by atoms with Crippen molar-refractivity contribution in [3.63, 3.8) is 0 Å². The maximum Gasteiger partial charge on any atom is 0.225 e. The van der Waals surface area contributed by atoms with Crippen LogP contribution in [0.25, 0.3) is 0 Å². The van der Waals surface area contributed by atoms with Gasteiger partial charge in [-0.2, -0.15) is 0 Å². The van der Waals surface area contributed by atoms with Crippen molar-refractivity contribution < 1.29 is 14.3 Å². The molecule has 0 aromatic heterocycles. The zero-order chi connectivity index (χ0) is 16.7. The van der Waals surface area contributed by atoms with E-state index in [0.29, 0.717) is 19.1 Å². The molecule has 1 N–H and O–H groups in total. The highest BCUT2D eigenvalue weighted by atomic mass is 16.5. The van der Waals surface area contributed by atoms with Gasteiger partial charge in [0.15, 0.2) is 0 Å². The van der Waals surface area contributed by atoms with E-state index in [2.05, 4.69) is 5.32 Å². The van der Waals surface area contributed by atoms with Crippen molar-refractivity contribution in [3.05, 3.63) is 29.8 Å². The summed E-state index contributed by atoms with van der Waals surface area (Å²) in [6.07, 6.45) is 4.15. The summed E-state index contributed by atoms with van der Waals surface area (Å²) in [6, 6.07) is 8.24. The second kappa shape index (κ2) is 6.11. The average molecular weight is 328 g/mol. The highest BCUT2D eigenvalue weighted by Gasteiger charge is 2.44. The lowest BCUT2D eigenvalue weighted by atomic mass is 9.88. The zero-order valence-corrected chi connectivity index (χ0v) is 14.0. The van der Waals surface area contributed by atoms with E-state index in [1.807, 2.05) is 29.2 Å². The minimum atomic E-state index is -0.166. The summed E-state index contributed by atoms with van der Waals surface area (Å²) >= 11 is 0. The Morgan fingerprint density at radius 1 is 1.17 bits per heavy atom. The van der Waals surface area contributed by atoms with E-state index in [9.17, 15) is 9.59 Å². The standard InChI is InChI=1S/C19H24N2O3/c1-24-15-4-2-3-13(9-15)16-10-21(19(23)12-5-6-12)11-17(16)18(22)20-14-7-8-14/h2-4,9,12,14,16-17H,5-8,10-11H2,1H3,(H,20,22). The molecular formula is C19H24N2O3. The quantitative estimate of drug-likeness (QED) is 0.898. The maximum atomic E-state index is 12.7. The van der Waals surface area contributed by atoms with Crippen LogP contribution in [-0.2, 0) is 9.59 Å². The fourth-order valence-corrected chi connectivity index (χ4v) is 3.58. The molecule has 5 heteroatoms. The molecule has 24 heavy (non-hydrogen) atoms. The number of hydrogen-bond donors (Lipinski definition) is 1. The van der Waals surface area contributed by atoms with Gasteiger partial charge in [-0.05, 0) is 43.4 Å². The normalized spacial score (nSPS) is 26.3. The van der Waals surface area contributed by atoms with Crippen molar-refractivity contribution >= 4 is 11.8 Å². The first-order chi connectivity index (χ1) is 11.7. The molecule has 2 aliphatic carbocycles. The Hall–Kier alpha value is -2.04. The van der Waals surface area contributed by atoms with Crippen molar-refractivity contribution in [2.24, 2.45) is 11.8 Å². The van der Waals surface area contributed by atoms with Gasteiger partial charge >= 0.3 is 0 Å². The number of nitrogens with one attached hydrogen (secondary N) is 1. The highest BCUT2D eigenvalue weighted by Crippen LogP contribution is 2.38. The van der Waals surface area contributed by atoms with Crippen LogP contribution >= 0.6 is 0 Å². The van der Waals surface area contributed by atoms with Crippen LogP contribution in [0.4, 0.5) is 0 Å². The van der Waals surface area contributed by atoms with Gasteiger partial charge in [-0.3, -0.25) is 9.59 Å². The van der Waals surface area contributed by atoms with E-state index >= 15 is 0 Å². The van der Waals surface area contributed by atoms with Crippen LogP contribution in [0.3, 0.4) is 0 Å². The van der Waals surface area contributed by atoms with E-state index in [1.165, 1.54) is 0 Å². The van der Waals surface area contributed by atoms with Gasteiger partial charge < -0.3 is 15.0 Å². The van der Waals surface area contributed by atoms with Crippen LogP contribution in [0.2, 0.25) is 0 Å². The van der Waals surface area contributed by atoms with E-state index in [1.54, 1.807) is 7.11 Å². The van der Waals surface area contributed by atoms with Crippen molar-refractivity contribution in [1.82, 2.24) is 10.2 Å². The summed E-state index contributed by atoms with van der Waals surface area (Å²) in [7, 11) is 1.65. The molecule has 2 saturated carbocycles. The largest absolute Gasteiger partial charge is 0.497 e. The zero-order valence-electron chi connectivity index (χ0n) is 14.0. The third-order valence-electron chi connectivity index (χ3n) is 5.34. The first-order valence-corrected chi connectivity index (χ1v) is 8.89. The molecule has 2 amide bonds. The van der Waals surface area contributed by atoms with E-state index in [-0.39, 0.29) is 29.6 Å². The number of rotatable bonds is 5. The van der Waals surface area contributed by atoms with Crippen LogP contribution < -0.4 is 10.1 Å². The first-order valence-electron chi connectivity index (χ1n) is 8.89. The molecular weight excluding hydrogens is 304 g/mol. The van der Waals surface area contributed by atoms with Gasteiger partial charge in [0.1, 0.15) is 5.75 Å². The van der Waals surface area contributed by atoms with Crippen LogP contribution in [0, 0.1) is 11.8 Å². The third kappa shape index (κ3) is 3.12. The third-order valence-corrected chi connectivity index (χ3v) is 5.34. The molecule has 2 unspecified atom stereocenters. The summed E-state index contributed by atoms with van der Waals surface area (Å²) in [6.45, 7) is 1.17. The Morgan fingerprint density at radius 2 is 1.96 bits per heavy atom. The van der Waals surface area contributed by atoms with Crippen LogP contribution in [0.1, 0.15) is 37.2 Å². The van der Waals surface area contributed by atoms with E-state index < -0.39 is 0 Å². The SMILES string of the molecule is COc1cccc(C2CN(C(=O)C3CC3)CC2C(=O)NC2CC2)c1. The Balaban J connectivity index is 1.56. The molecule has 1 aromatic carbocycles. The van der Waals surface area contributed by atoms with Gasteiger partial charge in [-0.1, -0.05) is 12.1 Å². The minimum absolute atomic E-state index is 0.0431.